The lowest BCUT2D eigenvalue weighted by Crippen LogP contribution is -1.99. The van der Waals surface area contributed by atoms with E-state index >= 15 is 0 Å². The van der Waals surface area contributed by atoms with E-state index in [-0.39, 0.29) is 0 Å². The highest BCUT2D eigenvalue weighted by Crippen LogP contribution is 2.25. The summed E-state index contributed by atoms with van der Waals surface area (Å²) in [6.07, 6.45) is 0. The van der Waals surface area contributed by atoms with Crippen LogP contribution < -0.4 is 5.32 Å². The lowest BCUT2D eigenvalue weighted by atomic mass is 10.1. The van der Waals surface area contributed by atoms with Gasteiger partial charge in [-0.3, -0.25) is 0 Å². The van der Waals surface area contributed by atoms with E-state index in [0.29, 0.717) is 17.1 Å². The molecule has 0 aromatic heterocycles. The number of nitrogens with zero attached hydrogens (tertiary/aromatic N) is 1. The summed E-state index contributed by atoms with van der Waals surface area (Å²) >= 11 is 9.36. The summed E-state index contributed by atoms with van der Waals surface area (Å²) in [5.41, 5.74) is 2.76. The molecule has 0 amide bonds. The maximum atomic E-state index is 8.71. The van der Waals surface area contributed by atoms with Crippen LogP contribution in [0.3, 0.4) is 0 Å². The van der Waals surface area contributed by atoms with Crippen LogP contribution >= 0.6 is 27.5 Å². The third kappa shape index (κ3) is 3.25. The Morgan fingerprint density at radius 2 is 1.89 bits per heavy atom. The van der Waals surface area contributed by atoms with Crippen molar-refractivity contribution in [3.8, 4) is 6.07 Å². The van der Waals surface area contributed by atoms with Crippen molar-refractivity contribution in [2.45, 2.75) is 6.54 Å². The second-order valence-corrected chi connectivity index (χ2v) is 5.05. The van der Waals surface area contributed by atoms with Gasteiger partial charge in [0.05, 0.1) is 16.7 Å². The maximum Gasteiger partial charge on any atom is 0.0991 e. The molecule has 0 spiro atoms. The van der Waals surface area contributed by atoms with Crippen molar-refractivity contribution >= 4 is 33.2 Å². The molecule has 18 heavy (non-hydrogen) atoms. The minimum absolute atomic E-state index is 0.672. The highest BCUT2D eigenvalue weighted by Gasteiger charge is 1.99. The third-order valence-corrected chi connectivity index (χ3v) is 3.73. The smallest absolute Gasteiger partial charge is 0.0991 e. The molecule has 0 unspecified atom stereocenters. The van der Waals surface area contributed by atoms with Gasteiger partial charge in [-0.2, -0.15) is 5.26 Å². The highest BCUT2D eigenvalue weighted by atomic mass is 79.9. The van der Waals surface area contributed by atoms with Crippen molar-refractivity contribution in [2.24, 2.45) is 0 Å². The van der Waals surface area contributed by atoms with E-state index in [2.05, 4.69) is 27.3 Å². The summed E-state index contributed by atoms with van der Waals surface area (Å²) in [6, 6.07) is 15.3. The quantitative estimate of drug-likeness (QED) is 0.897. The van der Waals surface area contributed by atoms with E-state index in [1.807, 2.05) is 42.5 Å². The van der Waals surface area contributed by atoms with E-state index < -0.39 is 0 Å². The molecule has 4 heteroatoms. The van der Waals surface area contributed by atoms with Crippen LogP contribution in [0.25, 0.3) is 0 Å². The first-order chi connectivity index (χ1) is 8.69. The molecule has 0 atom stereocenters. The number of hydrogen-bond acceptors (Lipinski definition) is 2. The van der Waals surface area contributed by atoms with Gasteiger partial charge in [0.25, 0.3) is 0 Å². The lowest BCUT2D eigenvalue weighted by Gasteiger charge is -2.07. The van der Waals surface area contributed by atoms with Crippen LogP contribution in [0, 0.1) is 11.3 Å². The van der Waals surface area contributed by atoms with E-state index in [1.165, 1.54) is 0 Å². The Balaban J connectivity index is 2.02. The minimum Gasteiger partial charge on any atom is -0.381 e. The van der Waals surface area contributed by atoms with Gasteiger partial charge in [0.2, 0.25) is 0 Å². The standard InChI is InChI=1S/C14H10BrClN2/c15-13-6-5-12(7-14(13)16)18-9-11-3-1-10(8-17)2-4-11/h1-7,18H,9H2. The molecule has 0 aliphatic rings. The van der Waals surface area contributed by atoms with Crippen molar-refractivity contribution < 1.29 is 0 Å². The fourth-order valence-corrected chi connectivity index (χ4v) is 1.93. The van der Waals surface area contributed by atoms with Gasteiger partial charge in [0.1, 0.15) is 0 Å². The molecule has 0 aliphatic heterocycles. The van der Waals surface area contributed by atoms with Gasteiger partial charge in [-0.25, -0.2) is 0 Å². The van der Waals surface area contributed by atoms with Gasteiger partial charge in [-0.05, 0) is 51.8 Å². The van der Waals surface area contributed by atoms with Crippen molar-refractivity contribution in [3.05, 3.63) is 63.1 Å². The van der Waals surface area contributed by atoms with Crippen molar-refractivity contribution in [2.75, 3.05) is 5.32 Å². The monoisotopic (exact) mass is 320 g/mol. The number of rotatable bonds is 3. The first-order valence-electron chi connectivity index (χ1n) is 5.37. The Morgan fingerprint density at radius 1 is 1.17 bits per heavy atom. The molecule has 0 radical (unpaired) electrons. The number of hydrogen-bond donors (Lipinski definition) is 1. The maximum absolute atomic E-state index is 8.71. The molecular formula is C14H10BrClN2. The molecule has 2 aromatic carbocycles. The molecule has 0 fully saturated rings. The second kappa shape index (κ2) is 5.90. The zero-order valence-electron chi connectivity index (χ0n) is 9.45. The van der Waals surface area contributed by atoms with Crippen molar-refractivity contribution in [3.63, 3.8) is 0 Å². The molecule has 0 aliphatic carbocycles. The Hall–Kier alpha value is -1.50. The van der Waals surface area contributed by atoms with Gasteiger partial charge >= 0.3 is 0 Å². The zero-order chi connectivity index (χ0) is 13.0. The van der Waals surface area contributed by atoms with Crippen LogP contribution in [0.1, 0.15) is 11.1 Å². The fraction of sp³-hybridized carbons (Fsp3) is 0.0714. The molecular weight excluding hydrogens is 312 g/mol. The van der Waals surface area contributed by atoms with Crippen LogP contribution in [-0.2, 0) is 6.54 Å². The molecule has 1 N–H and O–H groups in total. The van der Waals surface area contributed by atoms with Gasteiger partial charge in [0, 0.05) is 16.7 Å². The molecule has 2 nitrogen and oxygen atoms in total. The fourth-order valence-electron chi connectivity index (χ4n) is 1.51. The summed E-state index contributed by atoms with van der Waals surface area (Å²) in [6.45, 7) is 0.698. The molecule has 0 saturated carbocycles. The average Bonchev–Trinajstić information content (AvgIpc) is 2.41. The summed E-state index contributed by atoms with van der Waals surface area (Å²) in [5, 5.41) is 12.7. The van der Waals surface area contributed by atoms with Crippen LogP contribution in [0.4, 0.5) is 5.69 Å². The number of nitriles is 1. The third-order valence-electron chi connectivity index (χ3n) is 2.50. The number of benzene rings is 2. The first kappa shape index (κ1) is 12.9. The highest BCUT2D eigenvalue weighted by molar-refractivity contribution is 9.10. The molecule has 0 bridgehead atoms. The predicted octanol–water partition coefficient (Wildman–Crippen LogP) is 4.59. The molecule has 0 heterocycles. The normalized spacial score (nSPS) is 9.83. The molecule has 2 rings (SSSR count). The largest absolute Gasteiger partial charge is 0.381 e. The van der Waals surface area contributed by atoms with E-state index in [1.54, 1.807) is 0 Å². The second-order valence-electron chi connectivity index (χ2n) is 3.79. The molecule has 90 valence electrons. The summed E-state index contributed by atoms with van der Waals surface area (Å²) < 4.78 is 0.882. The summed E-state index contributed by atoms with van der Waals surface area (Å²) in [7, 11) is 0. The minimum atomic E-state index is 0.672. The van der Waals surface area contributed by atoms with E-state index in [0.717, 1.165) is 15.7 Å². The SMILES string of the molecule is N#Cc1ccc(CNc2ccc(Br)c(Cl)c2)cc1. The zero-order valence-corrected chi connectivity index (χ0v) is 11.8. The topological polar surface area (TPSA) is 35.8 Å². The van der Waals surface area contributed by atoms with Crippen molar-refractivity contribution in [1.82, 2.24) is 0 Å². The Kier molecular flexibility index (Phi) is 4.24. The number of nitrogens with one attached hydrogen (secondary N) is 1. The summed E-state index contributed by atoms with van der Waals surface area (Å²) in [5.74, 6) is 0. The molecule has 0 saturated heterocycles. The van der Waals surface area contributed by atoms with Crippen LogP contribution in [0.2, 0.25) is 5.02 Å². The van der Waals surface area contributed by atoms with Crippen LogP contribution in [0.15, 0.2) is 46.9 Å². The number of anilines is 1. The molecule has 2 aromatic rings. The Morgan fingerprint density at radius 3 is 2.50 bits per heavy atom. The van der Waals surface area contributed by atoms with E-state index in [4.69, 9.17) is 16.9 Å². The number of halogens is 2. The first-order valence-corrected chi connectivity index (χ1v) is 6.54. The summed E-state index contributed by atoms with van der Waals surface area (Å²) in [4.78, 5) is 0. The average molecular weight is 322 g/mol. The Labute approximate surface area is 119 Å². The van der Waals surface area contributed by atoms with Crippen molar-refractivity contribution in [1.29, 1.82) is 5.26 Å². The van der Waals surface area contributed by atoms with E-state index in [9.17, 15) is 0 Å². The lowest BCUT2D eigenvalue weighted by molar-refractivity contribution is 1.15. The van der Waals surface area contributed by atoms with Crippen LogP contribution in [0.5, 0.6) is 0 Å². The van der Waals surface area contributed by atoms with Crippen LogP contribution in [-0.4, -0.2) is 0 Å². The van der Waals surface area contributed by atoms with Gasteiger partial charge in [-0.15, -0.1) is 0 Å². The Bertz CT molecular complexity index is 588. The van der Waals surface area contributed by atoms with Gasteiger partial charge in [0.15, 0.2) is 0 Å². The van der Waals surface area contributed by atoms with Gasteiger partial charge < -0.3 is 5.32 Å². The van der Waals surface area contributed by atoms with Gasteiger partial charge in [-0.1, -0.05) is 23.7 Å². The predicted molar refractivity (Wildman–Crippen MR) is 77.6 cm³/mol.